The maximum absolute atomic E-state index is 4.57. The molecule has 1 saturated carbocycles. The summed E-state index contributed by atoms with van der Waals surface area (Å²) in [7, 11) is 0. The standard InChI is InChI=1S/C16H18BrN/c1-11-5-6-14-9-13(7-8-16(14)18-11)12-3-2-4-15(17)10-12/h5-9,12,15H,2-4,10H2,1H3. The number of hydrogen-bond acceptors (Lipinski definition) is 1. The number of halogens is 1. The number of aryl methyl sites for hydroxylation is 1. The number of hydrogen-bond donors (Lipinski definition) is 0. The minimum absolute atomic E-state index is 0.697. The molecule has 1 aromatic carbocycles. The van der Waals surface area contributed by atoms with Gasteiger partial charge in [-0.2, -0.15) is 0 Å². The minimum Gasteiger partial charge on any atom is -0.253 e. The number of pyridine rings is 1. The zero-order valence-corrected chi connectivity index (χ0v) is 12.3. The molecular weight excluding hydrogens is 286 g/mol. The van der Waals surface area contributed by atoms with Crippen molar-refractivity contribution in [1.29, 1.82) is 0 Å². The van der Waals surface area contributed by atoms with E-state index in [2.05, 4.69) is 51.2 Å². The fraction of sp³-hybridized carbons (Fsp3) is 0.438. The van der Waals surface area contributed by atoms with Gasteiger partial charge >= 0.3 is 0 Å². The van der Waals surface area contributed by atoms with Gasteiger partial charge in [0, 0.05) is 15.9 Å². The van der Waals surface area contributed by atoms with Gasteiger partial charge in [0.25, 0.3) is 0 Å². The molecule has 0 bridgehead atoms. The van der Waals surface area contributed by atoms with E-state index in [1.54, 1.807) is 0 Å². The van der Waals surface area contributed by atoms with E-state index >= 15 is 0 Å². The zero-order valence-electron chi connectivity index (χ0n) is 10.7. The Bertz CT molecular complexity index is 564. The summed E-state index contributed by atoms with van der Waals surface area (Å²) in [6.45, 7) is 2.05. The first kappa shape index (κ1) is 12.2. The second-order valence-corrected chi connectivity index (χ2v) is 6.66. The van der Waals surface area contributed by atoms with Crippen molar-refractivity contribution in [2.45, 2.75) is 43.4 Å². The molecule has 2 atom stereocenters. The van der Waals surface area contributed by atoms with Gasteiger partial charge in [0.05, 0.1) is 5.52 Å². The number of aromatic nitrogens is 1. The van der Waals surface area contributed by atoms with Gasteiger partial charge in [-0.05, 0) is 55.9 Å². The predicted octanol–water partition coefficient (Wildman–Crippen LogP) is 4.96. The van der Waals surface area contributed by atoms with Crippen LogP contribution in [0.2, 0.25) is 0 Å². The summed E-state index contributed by atoms with van der Waals surface area (Å²) >= 11 is 3.77. The smallest absolute Gasteiger partial charge is 0.0705 e. The molecule has 1 aliphatic carbocycles. The van der Waals surface area contributed by atoms with Gasteiger partial charge in [-0.3, -0.25) is 4.98 Å². The van der Waals surface area contributed by atoms with Gasteiger partial charge in [-0.15, -0.1) is 0 Å². The molecule has 0 saturated heterocycles. The molecule has 0 radical (unpaired) electrons. The first-order valence-corrected chi connectivity index (χ1v) is 7.65. The lowest BCUT2D eigenvalue weighted by atomic mass is 9.83. The zero-order chi connectivity index (χ0) is 12.5. The lowest BCUT2D eigenvalue weighted by Crippen LogP contribution is -2.13. The lowest BCUT2D eigenvalue weighted by molar-refractivity contribution is 0.458. The van der Waals surface area contributed by atoms with Crippen molar-refractivity contribution in [2.24, 2.45) is 0 Å². The Morgan fingerprint density at radius 1 is 1.17 bits per heavy atom. The van der Waals surface area contributed by atoms with Crippen LogP contribution < -0.4 is 0 Å². The topological polar surface area (TPSA) is 12.9 Å². The van der Waals surface area contributed by atoms with E-state index in [9.17, 15) is 0 Å². The van der Waals surface area contributed by atoms with Crippen LogP contribution in [0.1, 0.15) is 42.9 Å². The maximum atomic E-state index is 4.57. The van der Waals surface area contributed by atoms with Crippen LogP contribution in [0.5, 0.6) is 0 Å². The van der Waals surface area contributed by atoms with Crippen LogP contribution in [0.25, 0.3) is 10.9 Å². The summed E-state index contributed by atoms with van der Waals surface area (Å²) < 4.78 is 0. The number of benzene rings is 1. The first-order chi connectivity index (χ1) is 8.72. The number of nitrogens with zero attached hydrogens (tertiary/aromatic N) is 1. The van der Waals surface area contributed by atoms with Crippen LogP contribution >= 0.6 is 15.9 Å². The van der Waals surface area contributed by atoms with E-state index in [-0.39, 0.29) is 0 Å². The van der Waals surface area contributed by atoms with E-state index in [4.69, 9.17) is 0 Å². The molecule has 0 amide bonds. The normalized spacial score (nSPS) is 24.3. The monoisotopic (exact) mass is 303 g/mol. The number of rotatable bonds is 1. The minimum atomic E-state index is 0.697. The summed E-state index contributed by atoms with van der Waals surface area (Å²) in [4.78, 5) is 5.26. The average molecular weight is 304 g/mol. The van der Waals surface area contributed by atoms with Crippen LogP contribution in [-0.2, 0) is 0 Å². The summed E-state index contributed by atoms with van der Waals surface area (Å²) in [5.74, 6) is 0.717. The molecule has 2 unspecified atom stereocenters. The fourth-order valence-electron chi connectivity index (χ4n) is 2.93. The Balaban J connectivity index is 1.95. The third kappa shape index (κ3) is 2.44. The molecule has 0 aliphatic heterocycles. The molecule has 18 heavy (non-hydrogen) atoms. The van der Waals surface area contributed by atoms with Crippen LogP contribution in [0.15, 0.2) is 30.3 Å². The molecule has 1 heterocycles. The van der Waals surface area contributed by atoms with Gasteiger partial charge < -0.3 is 0 Å². The Labute approximate surface area is 117 Å². The van der Waals surface area contributed by atoms with Crippen LogP contribution in [0.4, 0.5) is 0 Å². The van der Waals surface area contributed by atoms with Crippen molar-refractivity contribution >= 4 is 26.8 Å². The van der Waals surface area contributed by atoms with Gasteiger partial charge in [0.2, 0.25) is 0 Å². The van der Waals surface area contributed by atoms with E-state index in [1.807, 2.05) is 6.92 Å². The Hall–Kier alpha value is -0.890. The summed E-state index contributed by atoms with van der Waals surface area (Å²) in [5, 5.41) is 1.27. The van der Waals surface area contributed by atoms with Gasteiger partial charge in [0.15, 0.2) is 0 Å². The highest BCUT2D eigenvalue weighted by molar-refractivity contribution is 9.09. The fourth-order valence-corrected chi connectivity index (χ4v) is 3.71. The van der Waals surface area contributed by atoms with Crippen molar-refractivity contribution in [3.05, 3.63) is 41.6 Å². The molecule has 0 N–H and O–H groups in total. The molecule has 1 nitrogen and oxygen atoms in total. The Morgan fingerprint density at radius 2 is 2.06 bits per heavy atom. The van der Waals surface area contributed by atoms with Gasteiger partial charge in [-0.1, -0.05) is 34.5 Å². The summed E-state index contributed by atoms with van der Waals surface area (Å²) in [6, 6.07) is 11.1. The second kappa shape index (κ2) is 5.00. The Kier molecular flexibility index (Phi) is 3.38. The van der Waals surface area contributed by atoms with Crippen molar-refractivity contribution in [1.82, 2.24) is 4.98 Å². The molecule has 0 spiro atoms. The maximum Gasteiger partial charge on any atom is 0.0705 e. The van der Waals surface area contributed by atoms with Crippen molar-refractivity contribution < 1.29 is 0 Å². The van der Waals surface area contributed by atoms with Crippen LogP contribution in [0.3, 0.4) is 0 Å². The van der Waals surface area contributed by atoms with E-state index in [1.165, 1.54) is 36.6 Å². The molecule has 1 aliphatic rings. The molecule has 1 fully saturated rings. The number of alkyl halides is 1. The summed E-state index contributed by atoms with van der Waals surface area (Å²) in [6.07, 6.45) is 5.26. The molecule has 2 heteroatoms. The van der Waals surface area contributed by atoms with E-state index in [0.717, 1.165) is 11.2 Å². The van der Waals surface area contributed by atoms with Crippen LogP contribution in [0, 0.1) is 6.92 Å². The van der Waals surface area contributed by atoms with E-state index in [0.29, 0.717) is 10.7 Å². The lowest BCUT2D eigenvalue weighted by Gasteiger charge is -2.26. The van der Waals surface area contributed by atoms with E-state index < -0.39 is 0 Å². The molecule has 3 rings (SSSR count). The second-order valence-electron chi connectivity index (χ2n) is 5.37. The quantitative estimate of drug-likeness (QED) is 0.678. The molecular formula is C16H18BrN. The summed E-state index contributed by atoms with van der Waals surface area (Å²) in [5.41, 5.74) is 3.69. The SMILES string of the molecule is Cc1ccc2cc(C3CCCC(Br)C3)ccc2n1. The first-order valence-electron chi connectivity index (χ1n) is 6.74. The van der Waals surface area contributed by atoms with Gasteiger partial charge in [-0.25, -0.2) is 0 Å². The highest BCUT2D eigenvalue weighted by Crippen LogP contribution is 2.36. The van der Waals surface area contributed by atoms with Crippen molar-refractivity contribution in [2.75, 3.05) is 0 Å². The highest BCUT2D eigenvalue weighted by atomic mass is 79.9. The number of fused-ring (bicyclic) bond motifs is 1. The Morgan fingerprint density at radius 3 is 2.89 bits per heavy atom. The third-order valence-electron chi connectivity index (χ3n) is 3.93. The van der Waals surface area contributed by atoms with Gasteiger partial charge in [0.1, 0.15) is 0 Å². The van der Waals surface area contributed by atoms with Crippen LogP contribution in [-0.4, -0.2) is 9.81 Å². The largest absolute Gasteiger partial charge is 0.253 e. The average Bonchev–Trinajstić information content (AvgIpc) is 2.38. The molecule has 94 valence electrons. The predicted molar refractivity (Wildman–Crippen MR) is 80.4 cm³/mol. The molecule has 1 aromatic heterocycles. The third-order valence-corrected chi connectivity index (χ3v) is 4.77. The van der Waals surface area contributed by atoms with Crippen molar-refractivity contribution in [3.63, 3.8) is 0 Å². The van der Waals surface area contributed by atoms with Crippen molar-refractivity contribution in [3.8, 4) is 0 Å². The molecule has 2 aromatic rings. The highest BCUT2D eigenvalue weighted by Gasteiger charge is 2.21.